The molecule has 0 aromatic carbocycles. The van der Waals surface area contributed by atoms with Gasteiger partial charge in [-0.1, -0.05) is 6.07 Å². The Bertz CT molecular complexity index is 537. The molecule has 0 saturated heterocycles. The molecule has 7 nitrogen and oxygen atoms in total. The van der Waals surface area contributed by atoms with E-state index in [1.165, 1.54) is 22.3 Å². The van der Waals surface area contributed by atoms with Crippen molar-refractivity contribution in [3.05, 3.63) is 28.7 Å². The highest BCUT2D eigenvalue weighted by atomic mass is 32.1. The molecule has 1 atom stereocenters. The zero-order valence-electron chi connectivity index (χ0n) is 10.3. The lowest BCUT2D eigenvalue weighted by atomic mass is 10.1. The molecule has 0 aliphatic rings. The average molecular weight is 279 g/mol. The molecular weight excluding hydrogens is 266 g/mol. The molecule has 2 heterocycles. The fourth-order valence-electron chi connectivity index (χ4n) is 1.59. The first kappa shape index (κ1) is 13.3. The molecule has 0 bridgehead atoms. The van der Waals surface area contributed by atoms with Crippen LogP contribution < -0.4 is 5.32 Å². The second-order valence-electron chi connectivity index (χ2n) is 4.08. The molecule has 1 amide bonds. The lowest BCUT2D eigenvalue weighted by Crippen LogP contribution is -2.36. The quantitative estimate of drug-likeness (QED) is 0.778. The molecule has 0 radical (unpaired) electrons. The molecule has 0 aliphatic heterocycles. The summed E-state index contributed by atoms with van der Waals surface area (Å²) in [5.74, 6) is -0.191. The number of nitrogens with zero attached hydrogens (tertiary/aromatic N) is 4. The van der Waals surface area contributed by atoms with Gasteiger partial charge in [0.15, 0.2) is 5.78 Å². The van der Waals surface area contributed by atoms with Crippen LogP contribution in [0.5, 0.6) is 0 Å². The number of carbonyl (C=O) groups excluding carboxylic acids is 2. The van der Waals surface area contributed by atoms with Gasteiger partial charge in [0.1, 0.15) is 12.9 Å². The van der Waals surface area contributed by atoms with Gasteiger partial charge in [0.2, 0.25) is 5.91 Å². The van der Waals surface area contributed by atoms with Gasteiger partial charge in [-0.2, -0.15) is 0 Å². The predicted molar refractivity (Wildman–Crippen MR) is 68.7 cm³/mol. The van der Waals surface area contributed by atoms with Crippen LogP contribution in [0.2, 0.25) is 0 Å². The second kappa shape index (κ2) is 6.19. The summed E-state index contributed by atoms with van der Waals surface area (Å²) in [5, 5.41) is 15.1. The Balaban J connectivity index is 1.79. The third kappa shape index (κ3) is 3.95. The number of nitrogens with one attached hydrogen (secondary N) is 1. The van der Waals surface area contributed by atoms with Crippen molar-refractivity contribution in [1.82, 2.24) is 25.5 Å². The summed E-state index contributed by atoms with van der Waals surface area (Å²) in [4.78, 5) is 24.2. The lowest BCUT2D eigenvalue weighted by Gasteiger charge is -2.12. The largest absolute Gasteiger partial charge is 0.352 e. The summed E-state index contributed by atoms with van der Waals surface area (Å²) in [7, 11) is 0. The lowest BCUT2D eigenvalue weighted by molar-refractivity contribution is -0.122. The van der Waals surface area contributed by atoms with E-state index >= 15 is 0 Å². The standard InChI is InChI=1S/C11H13N5O2S/c1-8(5-9(17)10-3-2-4-19-10)13-11(18)6-16-7-12-14-15-16/h2-4,7-8H,5-6H2,1H3,(H,13,18)/t8-/m1/s1. The van der Waals surface area contributed by atoms with Crippen LogP contribution in [0.4, 0.5) is 0 Å². The molecule has 2 rings (SSSR count). The number of thiophene rings is 1. The molecule has 19 heavy (non-hydrogen) atoms. The van der Waals surface area contributed by atoms with Crippen molar-refractivity contribution >= 4 is 23.0 Å². The fraction of sp³-hybridized carbons (Fsp3) is 0.364. The number of tetrazole rings is 1. The molecule has 0 saturated carbocycles. The minimum atomic E-state index is -0.224. The highest BCUT2D eigenvalue weighted by Crippen LogP contribution is 2.12. The summed E-state index contributed by atoms with van der Waals surface area (Å²) in [5.41, 5.74) is 0. The predicted octanol–water partition coefficient (Wildman–Crippen LogP) is 0.512. The van der Waals surface area contributed by atoms with E-state index in [2.05, 4.69) is 20.8 Å². The Kier molecular flexibility index (Phi) is 4.35. The molecule has 0 aliphatic carbocycles. The monoisotopic (exact) mass is 279 g/mol. The van der Waals surface area contributed by atoms with Gasteiger partial charge in [-0.25, -0.2) is 4.68 Å². The van der Waals surface area contributed by atoms with E-state index < -0.39 is 0 Å². The Labute approximate surface area is 113 Å². The molecule has 1 N–H and O–H groups in total. The number of aromatic nitrogens is 4. The van der Waals surface area contributed by atoms with Crippen molar-refractivity contribution in [3.63, 3.8) is 0 Å². The number of rotatable bonds is 6. The number of amides is 1. The molecule has 100 valence electrons. The van der Waals surface area contributed by atoms with Crippen LogP contribution in [-0.4, -0.2) is 37.9 Å². The molecular formula is C11H13N5O2S. The Morgan fingerprint density at radius 3 is 3.00 bits per heavy atom. The van der Waals surface area contributed by atoms with Gasteiger partial charge in [0.05, 0.1) is 4.88 Å². The summed E-state index contributed by atoms with van der Waals surface area (Å²) in [6, 6.07) is 3.39. The molecule has 0 unspecified atom stereocenters. The zero-order valence-corrected chi connectivity index (χ0v) is 11.1. The van der Waals surface area contributed by atoms with Gasteiger partial charge in [0.25, 0.3) is 0 Å². The second-order valence-corrected chi connectivity index (χ2v) is 5.03. The maximum absolute atomic E-state index is 11.8. The Hall–Kier alpha value is -2.09. The van der Waals surface area contributed by atoms with Crippen LogP contribution >= 0.6 is 11.3 Å². The summed E-state index contributed by atoms with van der Waals surface area (Å²) in [6.07, 6.45) is 1.64. The van der Waals surface area contributed by atoms with Crippen LogP contribution in [0.3, 0.4) is 0 Å². The van der Waals surface area contributed by atoms with Gasteiger partial charge in [-0.3, -0.25) is 9.59 Å². The van der Waals surface area contributed by atoms with Crippen LogP contribution in [0.15, 0.2) is 23.8 Å². The van der Waals surface area contributed by atoms with Crippen LogP contribution in [0, 0.1) is 0 Å². The van der Waals surface area contributed by atoms with E-state index in [1.807, 2.05) is 11.4 Å². The van der Waals surface area contributed by atoms with Crippen molar-refractivity contribution in [3.8, 4) is 0 Å². The fourth-order valence-corrected chi connectivity index (χ4v) is 2.26. The number of hydrogen-bond acceptors (Lipinski definition) is 6. The molecule has 0 spiro atoms. The van der Waals surface area contributed by atoms with Crippen LogP contribution in [0.25, 0.3) is 0 Å². The summed E-state index contributed by atoms with van der Waals surface area (Å²) in [6.45, 7) is 1.84. The zero-order chi connectivity index (χ0) is 13.7. The van der Waals surface area contributed by atoms with E-state index in [9.17, 15) is 9.59 Å². The number of Topliss-reactive ketones (excluding diaryl/α,β-unsaturated/α-hetero) is 1. The maximum atomic E-state index is 11.8. The number of ketones is 1. The van der Waals surface area contributed by atoms with Crippen molar-refractivity contribution in [1.29, 1.82) is 0 Å². The molecule has 8 heteroatoms. The Morgan fingerprint density at radius 2 is 2.37 bits per heavy atom. The van der Waals surface area contributed by atoms with Crippen molar-refractivity contribution in [2.24, 2.45) is 0 Å². The molecule has 2 aromatic heterocycles. The van der Waals surface area contributed by atoms with E-state index in [0.717, 1.165) is 0 Å². The first-order chi connectivity index (χ1) is 9.15. The first-order valence-electron chi connectivity index (χ1n) is 5.72. The third-order valence-electron chi connectivity index (χ3n) is 2.39. The summed E-state index contributed by atoms with van der Waals surface area (Å²) < 4.78 is 1.32. The minimum absolute atomic E-state index is 0.0326. The SMILES string of the molecule is C[C@H](CC(=O)c1cccs1)NC(=O)Cn1cnnn1. The smallest absolute Gasteiger partial charge is 0.242 e. The van der Waals surface area contributed by atoms with Crippen LogP contribution in [-0.2, 0) is 11.3 Å². The van der Waals surface area contributed by atoms with E-state index in [1.54, 1.807) is 13.0 Å². The van der Waals surface area contributed by atoms with Crippen molar-refractivity contribution in [2.45, 2.75) is 25.9 Å². The van der Waals surface area contributed by atoms with Crippen molar-refractivity contribution in [2.75, 3.05) is 0 Å². The highest BCUT2D eigenvalue weighted by Gasteiger charge is 2.14. The Morgan fingerprint density at radius 1 is 1.53 bits per heavy atom. The maximum Gasteiger partial charge on any atom is 0.242 e. The molecule has 0 fully saturated rings. The third-order valence-corrected chi connectivity index (χ3v) is 3.30. The normalized spacial score (nSPS) is 12.1. The topological polar surface area (TPSA) is 89.8 Å². The van der Waals surface area contributed by atoms with Gasteiger partial charge in [0, 0.05) is 12.5 Å². The van der Waals surface area contributed by atoms with Gasteiger partial charge < -0.3 is 5.32 Å². The average Bonchev–Trinajstić information content (AvgIpc) is 3.00. The minimum Gasteiger partial charge on any atom is -0.352 e. The van der Waals surface area contributed by atoms with Gasteiger partial charge in [-0.15, -0.1) is 16.4 Å². The van der Waals surface area contributed by atoms with E-state index in [0.29, 0.717) is 4.88 Å². The number of carbonyl (C=O) groups is 2. The first-order valence-corrected chi connectivity index (χ1v) is 6.60. The van der Waals surface area contributed by atoms with Gasteiger partial charge in [-0.05, 0) is 28.8 Å². The van der Waals surface area contributed by atoms with E-state index in [-0.39, 0.29) is 30.7 Å². The van der Waals surface area contributed by atoms with Crippen LogP contribution in [0.1, 0.15) is 23.0 Å². The van der Waals surface area contributed by atoms with E-state index in [4.69, 9.17) is 0 Å². The highest BCUT2D eigenvalue weighted by molar-refractivity contribution is 7.12. The number of hydrogen-bond donors (Lipinski definition) is 1. The van der Waals surface area contributed by atoms with Crippen molar-refractivity contribution < 1.29 is 9.59 Å². The molecule has 2 aromatic rings. The summed E-state index contributed by atoms with van der Waals surface area (Å²) >= 11 is 1.40. The van der Waals surface area contributed by atoms with Gasteiger partial charge >= 0.3 is 0 Å².